The number of carbonyl (C=O) groups is 2. The zero-order chi connectivity index (χ0) is 25.3. The van der Waals surface area contributed by atoms with Gasteiger partial charge in [0.15, 0.2) is 0 Å². The average Bonchev–Trinajstić information content (AvgIpc) is 3.31. The second-order valence-electron chi connectivity index (χ2n) is 7.75. The van der Waals surface area contributed by atoms with Crippen LogP contribution in [0.4, 0.5) is 5.00 Å². The highest BCUT2D eigenvalue weighted by Crippen LogP contribution is 2.36. The van der Waals surface area contributed by atoms with Gasteiger partial charge in [0.25, 0.3) is 0 Å². The number of amides is 1. The second kappa shape index (κ2) is 12.2. The SMILES string of the molecule is CCOC(=O)c1c(-c2ccc(Cl)cc2)csc1NC(=O)/C=C/c1ccc(OCc2ccccc2)cc1. The molecule has 0 aliphatic rings. The Labute approximate surface area is 219 Å². The third kappa shape index (κ3) is 6.62. The molecule has 0 fully saturated rings. The Morgan fingerprint density at radius 2 is 1.69 bits per heavy atom. The highest BCUT2D eigenvalue weighted by atomic mass is 35.5. The molecule has 0 aliphatic heterocycles. The third-order valence-electron chi connectivity index (χ3n) is 5.22. The van der Waals surface area contributed by atoms with Crippen LogP contribution in [-0.2, 0) is 16.1 Å². The van der Waals surface area contributed by atoms with Crippen LogP contribution in [0.15, 0.2) is 90.3 Å². The summed E-state index contributed by atoms with van der Waals surface area (Å²) in [6, 6.07) is 24.6. The predicted molar refractivity (Wildman–Crippen MR) is 146 cm³/mol. The summed E-state index contributed by atoms with van der Waals surface area (Å²) in [6.45, 7) is 2.46. The van der Waals surface area contributed by atoms with Crippen molar-refractivity contribution < 1.29 is 19.1 Å². The number of thiophene rings is 1. The van der Waals surface area contributed by atoms with Crippen LogP contribution in [0.2, 0.25) is 5.02 Å². The van der Waals surface area contributed by atoms with E-state index in [1.165, 1.54) is 17.4 Å². The lowest BCUT2D eigenvalue weighted by atomic mass is 10.0. The number of rotatable bonds is 9. The average molecular weight is 518 g/mol. The van der Waals surface area contributed by atoms with Gasteiger partial charge in [0, 0.05) is 22.0 Å². The minimum absolute atomic E-state index is 0.229. The van der Waals surface area contributed by atoms with Gasteiger partial charge in [0.1, 0.15) is 22.9 Å². The third-order valence-corrected chi connectivity index (χ3v) is 6.37. The van der Waals surface area contributed by atoms with Crippen molar-refractivity contribution in [1.82, 2.24) is 0 Å². The fraction of sp³-hybridized carbons (Fsp3) is 0.103. The van der Waals surface area contributed by atoms with E-state index in [1.807, 2.05) is 72.1 Å². The number of benzene rings is 3. The summed E-state index contributed by atoms with van der Waals surface area (Å²) >= 11 is 7.27. The second-order valence-corrected chi connectivity index (χ2v) is 9.06. The van der Waals surface area contributed by atoms with Gasteiger partial charge >= 0.3 is 5.97 Å². The number of carbonyl (C=O) groups excluding carboxylic acids is 2. The van der Waals surface area contributed by atoms with E-state index in [-0.39, 0.29) is 12.5 Å². The molecule has 0 atom stereocenters. The molecule has 1 aromatic heterocycles. The molecule has 3 aromatic carbocycles. The van der Waals surface area contributed by atoms with Crippen molar-refractivity contribution in [3.8, 4) is 16.9 Å². The van der Waals surface area contributed by atoms with Gasteiger partial charge < -0.3 is 14.8 Å². The zero-order valence-electron chi connectivity index (χ0n) is 19.6. The predicted octanol–water partition coefficient (Wildman–Crippen LogP) is 7.48. The fourth-order valence-corrected chi connectivity index (χ4v) is 4.53. The van der Waals surface area contributed by atoms with E-state index in [0.29, 0.717) is 27.8 Å². The molecule has 0 unspecified atom stereocenters. The Hall–Kier alpha value is -3.87. The fourth-order valence-electron chi connectivity index (χ4n) is 3.44. The molecule has 0 aliphatic carbocycles. The van der Waals surface area contributed by atoms with Crippen LogP contribution in [0.1, 0.15) is 28.4 Å². The van der Waals surface area contributed by atoms with Gasteiger partial charge in [-0.3, -0.25) is 4.79 Å². The topological polar surface area (TPSA) is 64.6 Å². The molecule has 1 N–H and O–H groups in total. The van der Waals surface area contributed by atoms with Crippen molar-refractivity contribution in [2.45, 2.75) is 13.5 Å². The van der Waals surface area contributed by atoms with Crippen LogP contribution in [0.25, 0.3) is 17.2 Å². The zero-order valence-corrected chi connectivity index (χ0v) is 21.1. The maximum atomic E-state index is 12.7. The molecule has 1 amide bonds. The molecule has 0 radical (unpaired) electrons. The first-order chi connectivity index (χ1) is 17.5. The van der Waals surface area contributed by atoms with Crippen molar-refractivity contribution in [2.75, 3.05) is 11.9 Å². The first-order valence-electron chi connectivity index (χ1n) is 11.3. The molecular formula is C29H24ClNO4S. The van der Waals surface area contributed by atoms with Gasteiger partial charge in [-0.05, 0) is 54.0 Å². The number of anilines is 1. The van der Waals surface area contributed by atoms with Crippen LogP contribution >= 0.6 is 22.9 Å². The molecule has 0 spiro atoms. The van der Waals surface area contributed by atoms with Gasteiger partial charge in [0.05, 0.1) is 6.61 Å². The van der Waals surface area contributed by atoms with Gasteiger partial charge in [-0.2, -0.15) is 0 Å². The van der Waals surface area contributed by atoms with Gasteiger partial charge in [-0.15, -0.1) is 11.3 Å². The van der Waals surface area contributed by atoms with Crippen molar-refractivity contribution in [1.29, 1.82) is 0 Å². The summed E-state index contributed by atoms with van der Waals surface area (Å²) in [4.78, 5) is 25.4. The molecule has 36 heavy (non-hydrogen) atoms. The summed E-state index contributed by atoms with van der Waals surface area (Å²) in [5, 5.41) is 5.66. The number of halogens is 1. The number of esters is 1. The van der Waals surface area contributed by atoms with Crippen LogP contribution in [-0.4, -0.2) is 18.5 Å². The Morgan fingerprint density at radius 1 is 0.972 bits per heavy atom. The molecule has 0 saturated heterocycles. The van der Waals surface area contributed by atoms with E-state index in [9.17, 15) is 9.59 Å². The number of ether oxygens (including phenoxy) is 2. The largest absolute Gasteiger partial charge is 0.489 e. The van der Waals surface area contributed by atoms with Crippen molar-refractivity contribution >= 4 is 45.9 Å². The highest BCUT2D eigenvalue weighted by molar-refractivity contribution is 7.15. The van der Waals surface area contributed by atoms with E-state index < -0.39 is 5.97 Å². The summed E-state index contributed by atoms with van der Waals surface area (Å²) < 4.78 is 11.0. The van der Waals surface area contributed by atoms with Crippen LogP contribution < -0.4 is 10.1 Å². The Kier molecular flexibility index (Phi) is 8.55. The molecule has 0 saturated carbocycles. The molecule has 5 nitrogen and oxygen atoms in total. The Balaban J connectivity index is 1.43. The lowest BCUT2D eigenvalue weighted by Gasteiger charge is -2.08. The molecule has 182 valence electrons. The number of hydrogen-bond acceptors (Lipinski definition) is 5. The Morgan fingerprint density at radius 3 is 2.39 bits per heavy atom. The molecule has 1 heterocycles. The van der Waals surface area contributed by atoms with E-state index in [1.54, 1.807) is 25.1 Å². The van der Waals surface area contributed by atoms with Crippen molar-refractivity contribution in [3.63, 3.8) is 0 Å². The summed E-state index contributed by atoms with van der Waals surface area (Å²) in [6.07, 6.45) is 3.13. The minimum Gasteiger partial charge on any atom is -0.489 e. The first kappa shape index (κ1) is 25.2. The Bertz CT molecular complexity index is 1350. The maximum absolute atomic E-state index is 12.7. The van der Waals surface area contributed by atoms with Crippen molar-refractivity contribution in [2.24, 2.45) is 0 Å². The van der Waals surface area contributed by atoms with E-state index >= 15 is 0 Å². The quantitative estimate of drug-likeness (QED) is 0.185. The molecule has 0 bridgehead atoms. The van der Waals surface area contributed by atoms with Gasteiger partial charge in [-0.25, -0.2) is 4.79 Å². The van der Waals surface area contributed by atoms with Gasteiger partial charge in [-0.1, -0.05) is 66.2 Å². The van der Waals surface area contributed by atoms with Crippen LogP contribution in [0, 0.1) is 0 Å². The van der Waals surface area contributed by atoms with E-state index in [0.717, 1.165) is 22.4 Å². The molecule has 4 aromatic rings. The smallest absolute Gasteiger partial charge is 0.341 e. The normalized spacial score (nSPS) is 10.8. The van der Waals surface area contributed by atoms with Crippen molar-refractivity contribution in [3.05, 3.63) is 112 Å². The lowest BCUT2D eigenvalue weighted by Crippen LogP contribution is -2.12. The lowest BCUT2D eigenvalue weighted by molar-refractivity contribution is -0.111. The number of nitrogens with one attached hydrogen (secondary N) is 1. The summed E-state index contributed by atoms with van der Waals surface area (Å²) in [7, 11) is 0. The molecular weight excluding hydrogens is 494 g/mol. The summed E-state index contributed by atoms with van der Waals surface area (Å²) in [5.41, 5.74) is 3.75. The van der Waals surface area contributed by atoms with Crippen LogP contribution in [0.5, 0.6) is 5.75 Å². The van der Waals surface area contributed by atoms with E-state index in [2.05, 4.69) is 5.32 Å². The molecule has 4 rings (SSSR count). The van der Waals surface area contributed by atoms with E-state index in [4.69, 9.17) is 21.1 Å². The summed E-state index contributed by atoms with van der Waals surface area (Å²) in [5.74, 6) is -0.101. The number of hydrogen-bond donors (Lipinski definition) is 1. The molecule has 7 heteroatoms. The highest BCUT2D eigenvalue weighted by Gasteiger charge is 2.22. The van der Waals surface area contributed by atoms with Crippen LogP contribution in [0.3, 0.4) is 0 Å². The maximum Gasteiger partial charge on any atom is 0.341 e. The standard InChI is InChI=1S/C29H24ClNO4S/c1-2-34-29(33)27-25(22-11-13-23(30)14-12-22)19-36-28(27)31-26(32)17-10-20-8-15-24(16-9-20)35-18-21-6-4-3-5-7-21/h3-17,19H,2,18H2,1H3,(H,31,32)/b17-10+. The first-order valence-corrected chi connectivity index (χ1v) is 12.6. The monoisotopic (exact) mass is 517 g/mol. The minimum atomic E-state index is -0.492. The van der Waals surface area contributed by atoms with Gasteiger partial charge in [0.2, 0.25) is 5.91 Å².